The van der Waals surface area contributed by atoms with E-state index in [-0.39, 0.29) is 0 Å². The lowest BCUT2D eigenvalue weighted by Crippen LogP contribution is -2.26. The van der Waals surface area contributed by atoms with Crippen LogP contribution in [0.4, 0.5) is 0 Å². The van der Waals surface area contributed by atoms with Crippen LogP contribution in [-0.4, -0.2) is 33.0 Å². The first kappa shape index (κ1) is 14.4. The van der Waals surface area contributed by atoms with E-state index in [1.807, 2.05) is 16.9 Å². The molecule has 1 N–H and O–H groups in total. The summed E-state index contributed by atoms with van der Waals surface area (Å²) >= 11 is 0. The quantitative estimate of drug-likeness (QED) is 0.805. The van der Waals surface area contributed by atoms with Crippen molar-refractivity contribution in [2.75, 3.05) is 13.1 Å². The van der Waals surface area contributed by atoms with Crippen molar-refractivity contribution >= 4 is 10.9 Å². The summed E-state index contributed by atoms with van der Waals surface area (Å²) in [7, 11) is 0. The van der Waals surface area contributed by atoms with Gasteiger partial charge in [0, 0.05) is 22.9 Å². The third-order valence-electron chi connectivity index (χ3n) is 4.48. The third-order valence-corrected chi connectivity index (χ3v) is 4.48. The zero-order valence-electron chi connectivity index (χ0n) is 13.5. The van der Waals surface area contributed by atoms with Gasteiger partial charge in [0.25, 0.3) is 0 Å². The van der Waals surface area contributed by atoms with E-state index in [1.165, 1.54) is 0 Å². The maximum absolute atomic E-state index is 5.52. The normalized spacial score (nSPS) is 16.5. The summed E-state index contributed by atoms with van der Waals surface area (Å²) in [4.78, 5) is 4.63. The van der Waals surface area contributed by atoms with Gasteiger partial charge in [0.1, 0.15) is 0 Å². The van der Waals surface area contributed by atoms with Crippen LogP contribution in [0.15, 0.2) is 28.9 Å². The lowest BCUT2D eigenvalue weighted by Gasteiger charge is -2.18. The minimum atomic E-state index is 0.318. The number of nitrogens with zero attached hydrogens (tertiary/aromatic N) is 4. The second kappa shape index (κ2) is 5.77. The number of benzene rings is 1. The Morgan fingerprint density at radius 2 is 2.09 bits per heavy atom. The summed E-state index contributed by atoms with van der Waals surface area (Å²) in [6, 6.07) is 6.51. The van der Waals surface area contributed by atoms with Crippen molar-refractivity contribution in [3.63, 3.8) is 0 Å². The Kier molecular flexibility index (Phi) is 3.61. The fourth-order valence-electron chi connectivity index (χ4n) is 3.18. The highest BCUT2D eigenvalue weighted by atomic mass is 16.5. The second-order valence-corrected chi connectivity index (χ2v) is 6.44. The molecule has 3 heterocycles. The molecule has 1 aliphatic rings. The number of piperidine rings is 1. The smallest absolute Gasteiger partial charge is 0.230 e. The van der Waals surface area contributed by atoms with E-state index in [2.05, 4.69) is 46.5 Å². The van der Waals surface area contributed by atoms with E-state index in [4.69, 9.17) is 4.52 Å². The van der Waals surface area contributed by atoms with Crippen LogP contribution in [0.3, 0.4) is 0 Å². The summed E-state index contributed by atoms with van der Waals surface area (Å²) < 4.78 is 7.54. The van der Waals surface area contributed by atoms with Gasteiger partial charge in [-0.3, -0.25) is 4.68 Å². The summed E-state index contributed by atoms with van der Waals surface area (Å²) in [5.41, 5.74) is 2.08. The van der Waals surface area contributed by atoms with E-state index >= 15 is 0 Å². The minimum Gasteiger partial charge on any atom is -0.339 e. The van der Waals surface area contributed by atoms with Crippen molar-refractivity contribution in [2.45, 2.75) is 38.6 Å². The molecule has 0 bridgehead atoms. The molecule has 1 fully saturated rings. The maximum Gasteiger partial charge on any atom is 0.230 e. The maximum atomic E-state index is 5.52. The molecule has 0 atom stereocenters. The summed E-state index contributed by atoms with van der Waals surface area (Å²) in [6.45, 7) is 6.29. The first-order valence-electron chi connectivity index (χ1n) is 8.24. The largest absolute Gasteiger partial charge is 0.339 e. The van der Waals surface area contributed by atoms with Crippen molar-refractivity contribution in [1.82, 2.24) is 25.2 Å². The molecular weight excluding hydrogens is 290 g/mol. The van der Waals surface area contributed by atoms with Gasteiger partial charge in [-0.05, 0) is 45.8 Å². The second-order valence-electron chi connectivity index (χ2n) is 6.44. The Morgan fingerprint density at radius 3 is 2.87 bits per heavy atom. The van der Waals surface area contributed by atoms with Gasteiger partial charge in [0.15, 0.2) is 0 Å². The number of fused-ring (bicyclic) bond motifs is 1. The van der Waals surface area contributed by atoms with Crippen molar-refractivity contribution < 1.29 is 4.52 Å². The average molecular weight is 311 g/mol. The molecule has 1 saturated heterocycles. The summed E-state index contributed by atoms with van der Waals surface area (Å²) in [5, 5.41) is 13.1. The van der Waals surface area contributed by atoms with E-state index in [9.17, 15) is 0 Å². The number of aromatic nitrogens is 4. The van der Waals surface area contributed by atoms with E-state index in [0.717, 1.165) is 48.3 Å². The van der Waals surface area contributed by atoms with Crippen LogP contribution < -0.4 is 5.32 Å². The molecule has 1 aliphatic heterocycles. The fraction of sp³-hybridized carbons (Fsp3) is 0.471. The van der Waals surface area contributed by atoms with Gasteiger partial charge in [-0.15, -0.1) is 0 Å². The standard InChI is InChI=1S/C17H21N5O/c1-11(2)22-15-9-13(3-4-14(15)10-19-22)16-20-17(23-21-16)12-5-7-18-8-6-12/h3-4,9-12,18H,5-8H2,1-2H3. The molecule has 23 heavy (non-hydrogen) atoms. The molecule has 3 aromatic rings. The molecule has 0 amide bonds. The molecule has 0 aliphatic carbocycles. The topological polar surface area (TPSA) is 68.8 Å². The monoisotopic (exact) mass is 311 g/mol. The van der Waals surface area contributed by atoms with Crippen LogP contribution in [0.1, 0.15) is 44.5 Å². The SMILES string of the molecule is CC(C)n1ncc2ccc(-c3noc(C4CCNCC4)n3)cc21. The molecule has 6 heteroatoms. The van der Waals surface area contributed by atoms with Crippen molar-refractivity contribution in [2.24, 2.45) is 0 Å². The van der Waals surface area contributed by atoms with Crippen LogP contribution in [-0.2, 0) is 0 Å². The van der Waals surface area contributed by atoms with E-state index in [0.29, 0.717) is 17.8 Å². The fourth-order valence-corrected chi connectivity index (χ4v) is 3.18. The predicted molar refractivity (Wildman–Crippen MR) is 88.3 cm³/mol. The summed E-state index contributed by atoms with van der Waals surface area (Å²) in [6.07, 6.45) is 4.01. The first-order valence-corrected chi connectivity index (χ1v) is 8.24. The Bertz CT molecular complexity index is 813. The van der Waals surface area contributed by atoms with Gasteiger partial charge in [-0.1, -0.05) is 17.3 Å². The molecule has 120 valence electrons. The highest BCUT2D eigenvalue weighted by Crippen LogP contribution is 2.28. The molecule has 6 nitrogen and oxygen atoms in total. The third kappa shape index (κ3) is 2.63. The average Bonchev–Trinajstić information content (AvgIpc) is 3.22. The van der Waals surface area contributed by atoms with E-state index < -0.39 is 0 Å². The Labute approximate surface area is 134 Å². The lowest BCUT2D eigenvalue weighted by atomic mass is 9.98. The highest BCUT2D eigenvalue weighted by molar-refractivity contribution is 5.83. The lowest BCUT2D eigenvalue weighted by molar-refractivity contribution is 0.320. The highest BCUT2D eigenvalue weighted by Gasteiger charge is 2.22. The van der Waals surface area contributed by atoms with Crippen LogP contribution >= 0.6 is 0 Å². The van der Waals surface area contributed by atoms with Crippen LogP contribution in [0.25, 0.3) is 22.3 Å². The number of hydrogen-bond donors (Lipinski definition) is 1. The predicted octanol–water partition coefficient (Wildman–Crippen LogP) is 3.13. The molecule has 0 unspecified atom stereocenters. The van der Waals surface area contributed by atoms with E-state index in [1.54, 1.807) is 0 Å². The zero-order chi connectivity index (χ0) is 15.8. The van der Waals surface area contributed by atoms with Gasteiger partial charge >= 0.3 is 0 Å². The zero-order valence-corrected chi connectivity index (χ0v) is 13.5. The number of nitrogens with one attached hydrogen (secondary N) is 1. The Morgan fingerprint density at radius 1 is 1.26 bits per heavy atom. The molecule has 0 spiro atoms. The van der Waals surface area contributed by atoms with Crippen LogP contribution in [0.5, 0.6) is 0 Å². The van der Waals surface area contributed by atoms with Gasteiger partial charge < -0.3 is 9.84 Å². The van der Waals surface area contributed by atoms with Gasteiger partial charge in [-0.25, -0.2) is 0 Å². The van der Waals surface area contributed by atoms with Gasteiger partial charge in [0.2, 0.25) is 11.7 Å². The summed E-state index contributed by atoms with van der Waals surface area (Å²) in [5.74, 6) is 1.80. The Hall–Kier alpha value is -2.21. The molecule has 1 aromatic carbocycles. The molecule has 2 aromatic heterocycles. The Balaban J connectivity index is 1.68. The number of hydrogen-bond acceptors (Lipinski definition) is 5. The van der Waals surface area contributed by atoms with Crippen molar-refractivity contribution in [3.8, 4) is 11.4 Å². The minimum absolute atomic E-state index is 0.318. The van der Waals surface area contributed by atoms with Crippen molar-refractivity contribution in [3.05, 3.63) is 30.3 Å². The van der Waals surface area contributed by atoms with Crippen LogP contribution in [0, 0.1) is 0 Å². The molecule has 0 radical (unpaired) electrons. The van der Waals surface area contributed by atoms with Gasteiger partial charge in [-0.2, -0.15) is 10.1 Å². The molecule has 0 saturated carbocycles. The van der Waals surface area contributed by atoms with Crippen LogP contribution in [0.2, 0.25) is 0 Å². The van der Waals surface area contributed by atoms with Gasteiger partial charge in [0.05, 0.1) is 11.7 Å². The van der Waals surface area contributed by atoms with Crippen molar-refractivity contribution in [1.29, 1.82) is 0 Å². The number of rotatable bonds is 3. The molecular formula is C17H21N5O. The molecule has 4 rings (SSSR count). The first-order chi connectivity index (χ1) is 11.2.